The fourth-order valence-electron chi connectivity index (χ4n) is 6.00. The van der Waals surface area contributed by atoms with Crippen LogP contribution in [0.3, 0.4) is 0 Å². The predicted octanol–water partition coefficient (Wildman–Crippen LogP) is 2.21. The Kier molecular flexibility index (Phi) is 15.3. The summed E-state index contributed by atoms with van der Waals surface area (Å²) in [6, 6.07) is 17.3. The van der Waals surface area contributed by atoms with Gasteiger partial charge in [0.15, 0.2) is 0 Å². The molecule has 9 heteroatoms. The van der Waals surface area contributed by atoms with Crippen molar-refractivity contribution in [1.82, 2.24) is 0 Å². The molecule has 0 aromatic heterocycles. The molecule has 4 rings (SSSR count). The molecule has 0 aliphatic carbocycles. The quantitative estimate of drug-likeness (QED) is 0.273. The van der Waals surface area contributed by atoms with E-state index in [-0.39, 0.29) is 0 Å². The molecular formula is C32H49AsN2O6. The van der Waals surface area contributed by atoms with Crippen molar-refractivity contribution in [3.63, 3.8) is 0 Å². The summed E-state index contributed by atoms with van der Waals surface area (Å²) >= 11 is -5.62. The van der Waals surface area contributed by atoms with E-state index in [1.807, 2.05) is 12.2 Å². The van der Waals surface area contributed by atoms with Gasteiger partial charge in [0.25, 0.3) is 0 Å². The van der Waals surface area contributed by atoms with Crippen LogP contribution in [0.4, 0.5) is 0 Å². The van der Waals surface area contributed by atoms with Gasteiger partial charge in [-0.05, 0) is 49.7 Å². The van der Waals surface area contributed by atoms with E-state index in [4.69, 9.17) is 16.0 Å². The van der Waals surface area contributed by atoms with Crippen LogP contribution in [0.5, 0.6) is 0 Å². The monoisotopic (exact) mass is 632 g/mol. The second-order valence-corrected chi connectivity index (χ2v) is 13.2. The van der Waals surface area contributed by atoms with Crippen molar-refractivity contribution in [2.75, 3.05) is 52.5 Å². The van der Waals surface area contributed by atoms with Crippen LogP contribution in [0.2, 0.25) is 0 Å². The van der Waals surface area contributed by atoms with Gasteiger partial charge in [0.05, 0.1) is 39.4 Å². The maximum atomic E-state index is 9.32. The zero-order valence-corrected chi connectivity index (χ0v) is 26.3. The van der Waals surface area contributed by atoms with Crippen molar-refractivity contribution in [3.8, 4) is 0 Å². The normalized spacial score (nSPS) is 17.7. The molecule has 3 N–H and O–H groups in total. The first-order valence-electron chi connectivity index (χ1n) is 14.7. The van der Waals surface area contributed by atoms with Gasteiger partial charge < -0.3 is 19.2 Å². The Morgan fingerprint density at radius 1 is 0.659 bits per heavy atom. The molecule has 0 atom stereocenters. The van der Waals surface area contributed by atoms with Gasteiger partial charge in [-0.2, -0.15) is 0 Å². The van der Waals surface area contributed by atoms with Gasteiger partial charge in [-0.3, -0.25) is 0 Å². The summed E-state index contributed by atoms with van der Waals surface area (Å²) in [5.41, 5.74) is 5.09. The molecule has 2 aliphatic rings. The van der Waals surface area contributed by atoms with Crippen molar-refractivity contribution in [1.29, 1.82) is 0 Å². The van der Waals surface area contributed by atoms with E-state index in [0.717, 1.165) is 35.1 Å². The van der Waals surface area contributed by atoms with Crippen LogP contribution < -0.4 is 8.19 Å². The van der Waals surface area contributed by atoms with Crippen LogP contribution in [0, 0.1) is 0 Å². The molecular weight excluding hydrogens is 583 g/mol. The van der Waals surface area contributed by atoms with Gasteiger partial charge >= 0.3 is 30.5 Å². The predicted molar refractivity (Wildman–Crippen MR) is 161 cm³/mol. The summed E-state index contributed by atoms with van der Waals surface area (Å²) in [4.78, 5) is 0. The van der Waals surface area contributed by atoms with Crippen molar-refractivity contribution >= 4 is 26.7 Å². The first-order valence-corrected chi connectivity index (χ1v) is 17.8. The van der Waals surface area contributed by atoms with E-state index in [1.165, 1.54) is 87.0 Å². The van der Waals surface area contributed by atoms with E-state index < -0.39 is 14.5 Å². The summed E-state index contributed by atoms with van der Waals surface area (Å²) in [6.45, 7) is 16.9. The Morgan fingerprint density at radius 3 is 1.20 bits per heavy atom. The van der Waals surface area contributed by atoms with Crippen molar-refractivity contribution < 1.29 is 35.2 Å². The summed E-state index contributed by atoms with van der Waals surface area (Å²) in [7, 11) is 0. The van der Waals surface area contributed by atoms with Crippen LogP contribution in [-0.2, 0) is 16.8 Å². The molecule has 0 amide bonds. The Balaban J connectivity index is 0.000000247. The second-order valence-electron chi connectivity index (χ2n) is 11.3. The SMILES string of the molecule is C=Cc1ccc(C[N+]2(CCO)CCCCC2)cc1.C=Cc1ccc(C[N+]2(CCO)CCCCC2)cc1.O=[As]([O-])([O-])O. The molecule has 2 fully saturated rings. The molecule has 0 unspecified atom stereocenters. The third kappa shape index (κ3) is 13.7. The topological polar surface area (TPSA) is 124 Å². The molecule has 2 aromatic rings. The van der Waals surface area contributed by atoms with Crippen LogP contribution >= 0.6 is 0 Å². The van der Waals surface area contributed by atoms with E-state index in [1.54, 1.807) is 0 Å². The minimum atomic E-state index is -5.62. The Hall–Kier alpha value is -2.00. The van der Waals surface area contributed by atoms with Crippen molar-refractivity contribution in [2.45, 2.75) is 51.6 Å². The number of quaternary nitrogens is 2. The van der Waals surface area contributed by atoms with Gasteiger partial charge in [-0.1, -0.05) is 73.8 Å². The molecule has 8 nitrogen and oxygen atoms in total. The van der Waals surface area contributed by atoms with Gasteiger partial charge in [-0.25, -0.2) is 0 Å². The molecule has 41 heavy (non-hydrogen) atoms. The number of rotatable bonds is 10. The van der Waals surface area contributed by atoms with Gasteiger partial charge in [-0.15, -0.1) is 0 Å². The van der Waals surface area contributed by atoms with Gasteiger partial charge in [0.2, 0.25) is 0 Å². The minimum absolute atomic E-state index is 0.296. The van der Waals surface area contributed by atoms with E-state index in [2.05, 4.69) is 61.7 Å². The summed E-state index contributed by atoms with van der Waals surface area (Å²) in [5, 5.41) is 18.6. The average Bonchev–Trinajstić information content (AvgIpc) is 2.95. The Morgan fingerprint density at radius 2 is 0.951 bits per heavy atom. The van der Waals surface area contributed by atoms with Gasteiger partial charge in [0, 0.05) is 11.1 Å². The molecule has 0 bridgehead atoms. The molecule has 0 radical (unpaired) electrons. The van der Waals surface area contributed by atoms with Crippen molar-refractivity contribution in [2.24, 2.45) is 0 Å². The van der Waals surface area contributed by atoms with Crippen LogP contribution in [-0.4, -0.2) is 90.3 Å². The number of piperidine rings is 2. The molecule has 2 aromatic carbocycles. The number of likely N-dealkylation sites (tertiary alicyclic amines) is 2. The molecule has 0 spiro atoms. The van der Waals surface area contributed by atoms with E-state index in [0.29, 0.717) is 13.2 Å². The number of hydrogen-bond donors (Lipinski definition) is 3. The third-order valence-electron chi connectivity index (χ3n) is 8.15. The molecule has 0 saturated carbocycles. The Labute approximate surface area is 249 Å². The first-order chi connectivity index (χ1) is 19.6. The van der Waals surface area contributed by atoms with Crippen LogP contribution in [0.1, 0.15) is 60.8 Å². The molecule has 2 heterocycles. The van der Waals surface area contributed by atoms with Crippen molar-refractivity contribution in [3.05, 3.63) is 83.9 Å². The zero-order chi connectivity index (χ0) is 30.2. The fraction of sp³-hybridized carbons (Fsp3) is 0.500. The fourth-order valence-corrected chi connectivity index (χ4v) is 6.00. The number of benzene rings is 2. The van der Waals surface area contributed by atoms with Crippen LogP contribution in [0.25, 0.3) is 12.2 Å². The molecule has 228 valence electrons. The summed E-state index contributed by atoms with van der Waals surface area (Å²) in [5.74, 6) is 0. The number of hydrogen-bond acceptors (Lipinski definition) is 5. The molecule has 2 saturated heterocycles. The first kappa shape index (κ1) is 35.2. The maximum absolute atomic E-state index is 9.32. The Bertz CT molecular complexity index is 976. The van der Waals surface area contributed by atoms with E-state index in [9.17, 15) is 10.2 Å². The summed E-state index contributed by atoms with van der Waals surface area (Å²) in [6.07, 6.45) is 11.6. The number of aliphatic hydroxyl groups excluding tert-OH is 2. The van der Waals surface area contributed by atoms with Crippen LogP contribution in [0.15, 0.2) is 61.7 Å². The van der Waals surface area contributed by atoms with Gasteiger partial charge in [0.1, 0.15) is 26.2 Å². The van der Waals surface area contributed by atoms with E-state index >= 15 is 0 Å². The standard InChI is InChI=1S/2C16H24NO.AsH3O4/c2*1-2-15-6-8-16(9-7-15)14-17(12-13-18)10-4-3-5-11-17;2-1(3,4)5/h2*2,6-9,18H,1,3-5,10-14H2;(H3,2,3,4,5)/q2*+1;/p-2. The second kappa shape index (κ2) is 17.8. The summed E-state index contributed by atoms with van der Waals surface area (Å²) < 4.78 is 35.3. The molecule has 2 aliphatic heterocycles. The zero-order valence-electron chi connectivity index (χ0n) is 24.4. The number of nitrogens with zero attached hydrogens (tertiary/aromatic N) is 2. The average molecular weight is 633 g/mol. The number of aliphatic hydroxyl groups is 2. The third-order valence-corrected chi connectivity index (χ3v) is 8.15.